The van der Waals surface area contributed by atoms with Crippen molar-refractivity contribution in [2.45, 2.75) is 32.1 Å². The molecule has 3 rings (SSSR count). The van der Waals surface area contributed by atoms with E-state index in [1.54, 1.807) is 32.2 Å². The van der Waals surface area contributed by atoms with Crippen molar-refractivity contribution < 1.29 is 14.3 Å². The van der Waals surface area contributed by atoms with Crippen molar-refractivity contribution in [2.24, 2.45) is 0 Å². The second-order valence-corrected chi connectivity index (χ2v) is 7.38. The van der Waals surface area contributed by atoms with Gasteiger partial charge in [-0.05, 0) is 51.0 Å². The van der Waals surface area contributed by atoms with E-state index in [9.17, 15) is 10.1 Å². The van der Waals surface area contributed by atoms with Crippen LogP contribution in [0.3, 0.4) is 0 Å². The number of nitriles is 1. The summed E-state index contributed by atoms with van der Waals surface area (Å²) in [4.78, 5) is 12.0. The summed E-state index contributed by atoms with van der Waals surface area (Å²) in [6.45, 7) is 5.60. The third-order valence-electron chi connectivity index (χ3n) is 5.52. The van der Waals surface area contributed by atoms with Crippen molar-refractivity contribution in [3.05, 3.63) is 58.7 Å². The average molecular weight is 378 g/mol. The van der Waals surface area contributed by atoms with Crippen LogP contribution in [0, 0.1) is 18.3 Å². The fraction of sp³-hybridized carbons (Fsp3) is 0.391. The van der Waals surface area contributed by atoms with E-state index in [-0.39, 0.29) is 11.2 Å². The van der Waals surface area contributed by atoms with E-state index in [0.717, 1.165) is 24.2 Å². The maximum absolute atomic E-state index is 12.0. The largest absolute Gasteiger partial charge is 0.496 e. The first kappa shape index (κ1) is 19.9. The number of nitrogens with one attached hydrogen (secondary N) is 1. The molecule has 1 aliphatic rings. The molecule has 1 N–H and O–H groups in total. The van der Waals surface area contributed by atoms with Gasteiger partial charge in [-0.2, -0.15) is 5.26 Å². The van der Waals surface area contributed by atoms with Gasteiger partial charge in [-0.15, -0.1) is 0 Å². The lowest BCUT2D eigenvalue weighted by molar-refractivity contribution is 0.0535. The first-order valence-electron chi connectivity index (χ1n) is 9.51. The molecule has 5 nitrogen and oxygen atoms in total. The maximum atomic E-state index is 12.0. The Balaban J connectivity index is 1.99. The molecular weight excluding hydrogens is 352 g/mol. The van der Waals surface area contributed by atoms with Crippen LogP contribution < -0.4 is 10.1 Å². The Bertz CT molecular complexity index is 909. The topological polar surface area (TPSA) is 71.3 Å². The average Bonchev–Trinajstić information content (AvgIpc) is 2.72. The third-order valence-corrected chi connectivity index (χ3v) is 5.52. The summed E-state index contributed by atoms with van der Waals surface area (Å²) in [6.07, 6.45) is 1.71. The van der Waals surface area contributed by atoms with Crippen LogP contribution in [-0.2, 0) is 10.2 Å². The van der Waals surface area contributed by atoms with Crippen molar-refractivity contribution >= 4 is 11.5 Å². The standard InChI is InChI=1S/C23H26N2O3/c1-16-4-7-22(27-3)20(12-16)23(8-10-28-11-9-23)15-25-21-13-18(14-24)5-6-19(21)17(2)26/h4-7,12-13,25H,8-11,15H2,1-3H3. The summed E-state index contributed by atoms with van der Waals surface area (Å²) >= 11 is 0. The number of rotatable bonds is 6. The number of Topliss-reactive ketones (excluding diaryl/α,β-unsaturated/α-hetero) is 1. The fourth-order valence-corrected chi connectivity index (χ4v) is 3.87. The number of aryl methyl sites for hydroxylation is 1. The van der Waals surface area contributed by atoms with Crippen LogP contribution in [0.5, 0.6) is 5.75 Å². The minimum atomic E-state index is -0.174. The van der Waals surface area contributed by atoms with Gasteiger partial charge in [0.05, 0.1) is 18.7 Å². The first-order chi connectivity index (χ1) is 13.5. The summed E-state index contributed by atoms with van der Waals surface area (Å²) in [7, 11) is 1.69. The molecule has 0 radical (unpaired) electrons. The smallest absolute Gasteiger partial charge is 0.161 e. The highest BCUT2D eigenvalue weighted by Crippen LogP contribution is 2.40. The van der Waals surface area contributed by atoms with Crippen LogP contribution in [0.25, 0.3) is 0 Å². The highest BCUT2D eigenvalue weighted by Gasteiger charge is 2.37. The molecule has 1 aliphatic heterocycles. The molecule has 0 bridgehead atoms. The second kappa shape index (κ2) is 8.45. The van der Waals surface area contributed by atoms with Gasteiger partial charge in [0.25, 0.3) is 0 Å². The summed E-state index contributed by atoms with van der Waals surface area (Å²) < 4.78 is 11.3. The lowest BCUT2D eigenvalue weighted by Gasteiger charge is -2.39. The molecular formula is C23H26N2O3. The number of hydrogen-bond donors (Lipinski definition) is 1. The fourth-order valence-electron chi connectivity index (χ4n) is 3.87. The van der Waals surface area contributed by atoms with Crippen LogP contribution in [0.15, 0.2) is 36.4 Å². The Hall–Kier alpha value is -2.84. The van der Waals surface area contributed by atoms with Crippen LogP contribution >= 0.6 is 0 Å². The number of anilines is 1. The highest BCUT2D eigenvalue weighted by molar-refractivity contribution is 5.99. The number of carbonyl (C=O) groups excluding carboxylic acids is 1. The molecule has 0 amide bonds. The first-order valence-corrected chi connectivity index (χ1v) is 9.51. The van der Waals surface area contributed by atoms with Crippen LogP contribution in [0.2, 0.25) is 0 Å². The Morgan fingerprint density at radius 2 is 2.00 bits per heavy atom. The van der Waals surface area contributed by atoms with Crippen molar-refractivity contribution in [3.63, 3.8) is 0 Å². The predicted molar refractivity (Wildman–Crippen MR) is 109 cm³/mol. The maximum Gasteiger partial charge on any atom is 0.161 e. The number of ether oxygens (including phenoxy) is 2. The van der Waals surface area contributed by atoms with Crippen LogP contribution in [0.1, 0.15) is 46.8 Å². The molecule has 28 heavy (non-hydrogen) atoms. The van der Waals surface area contributed by atoms with E-state index in [0.29, 0.717) is 36.6 Å². The summed E-state index contributed by atoms with van der Waals surface area (Å²) in [6, 6.07) is 13.5. The van der Waals surface area contributed by atoms with Crippen LogP contribution in [0.4, 0.5) is 5.69 Å². The van der Waals surface area contributed by atoms with E-state index in [1.807, 2.05) is 12.1 Å². The molecule has 0 aliphatic carbocycles. The predicted octanol–water partition coefficient (Wildman–Crippen LogP) is 4.24. The van der Waals surface area contributed by atoms with Gasteiger partial charge in [-0.3, -0.25) is 4.79 Å². The van der Waals surface area contributed by atoms with Crippen molar-refractivity contribution in [3.8, 4) is 11.8 Å². The zero-order chi connectivity index (χ0) is 20.1. The van der Waals surface area contributed by atoms with E-state index >= 15 is 0 Å². The van der Waals surface area contributed by atoms with E-state index in [4.69, 9.17) is 9.47 Å². The summed E-state index contributed by atoms with van der Waals surface area (Å²) in [5.74, 6) is 0.841. The molecule has 0 atom stereocenters. The lowest BCUT2D eigenvalue weighted by Crippen LogP contribution is -2.40. The van der Waals surface area contributed by atoms with Gasteiger partial charge in [0.2, 0.25) is 0 Å². The second-order valence-electron chi connectivity index (χ2n) is 7.38. The van der Waals surface area contributed by atoms with Gasteiger partial charge in [0.1, 0.15) is 5.75 Å². The number of methoxy groups -OCH3 is 1. The molecule has 1 heterocycles. The molecule has 1 saturated heterocycles. The zero-order valence-electron chi connectivity index (χ0n) is 16.7. The summed E-state index contributed by atoms with van der Waals surface area (Å²) in [5.41, 5.74) is 3.99. The van der Waals surface area contributed by atoms with Crippen molar-refractivity contribution in [2.75, 3.05) is 32.2 Å². The van der Waals surface area contributed by atoms with Gasteiger partial charge in [-0.1, -0.05) is 17.7 Å². The van der Waals surface area contributed by atoms with Gasteiger partial charge >= 0.3 is 0 Å². The molecule has 0 unspecified atom stereocenters. The minimum absolute atomic E-state index is 0.0267. The van der Waals surface area contributed by atoms with Gasteiger partial charge in [0, 0.05) is 42.0 Å². The number of ketones is 1. The van der Waals surface area contributed by atoms with Gasteiger partial charge in [0.15, 0.2) is 5.78 Å². The molecule has 146 valence electrons. The number of hydrogen-bond acceptors (Lipinski definition) is 5. The summed E-state index contributed by atoms with van der Waals surface area (Å²) in [5, 5.41) is 12.7. The van der Waals surface area contributed by atoms with E-state index < -0.39 is 0 Å². The molecule has 0 spiro atoms. The van der Waals surface area contributed by atoms with Crippen molar-refractivity contribution in [1.82, 2.24) is 0 Å². The third kappa shape index (κ3) is 4.02. The Morgan fingerprint density at radius 1 is 1.25 bits per heavy atom. The molecule has 2 aromatic carbocycles. The normalized spacial score (nSPS) is 15.5. The highest BCUT2D eigenvalue weighted by atomic mass is 16.5. The molecule has 0 aromatic heterocycles. The molecule has 5 heteroatoms. The van der Waals surface area contributed by atoms with E-state index in [1.165, 1.54) is 5.56 Å². The molecule has 1 fully saturated rings. The van der Waals surface area contributed by atoms with Gasteiger partial charge in [-0.25, -0.2) is 0 Å². The lowest BCUT2D eigenvalue weighted by atomic mass is 9.73. The quantitative estimate of drug-likeness (QED) is 0.762. The Kier molecular flexibility index (Phi) is 6.01. The number of nitrogens with zero attached hydrogens (tertiary/aromatic N) is 1. The molecule has 2 aromatic rings. The van der Waals surface area contributed by atoms with E-state index in [2.05, 4.69) is 24.4 Å². The number of carbonyl (C=O) groups is 1. The minimum Gasteiger partial charge on any atom is -0.496 e. The van der Waals surface area contributed by atoms with Gasteiger partial charge < -0.3 is 14.8 Å². The van der Waals surface area contributed by atoms with Crippen molar-refractivity contribution in [1.29, 1.82) is 5.26 Å². The Labute approximate surface area is 166 Å². The Morgan fingerprint density at radius 3 is 2.64 bits per heavy atom. The van der Waals surface area contributed by atoms with Crippen LogP contribution in [-0.4, -0.2) is 32.7 Å². The number of benzene rings is 2. The zero-order valence-corrected chi connectivity index (χ0v) is 16.7. The monoisotopic (exact) mass is 378 g/mol. The SMILES string of the molecule is COc1ccc(C)cc1C1(CNc2cc(C#N)ccc2C(C)=O)CCOCC1. The molecule has 0 saturated carbocycles.